The van der Waals surface area contributed by atoms with Crippen molar-refractivity contribution in [2.45, 2.75) is 19.9 Å². The van der Waals surface area contributed by atoms with Gasteiger partial charge in [-0.05, 0) is 30.7 Å². The van der Waals surface area contributed by atoms with Crippen LogP contribution in [0.1, 0.15) is 23.0 Å². The third kappa shape index (κ3) is 2.74. The summed E-state index contributed by atoms with van der Waals surface area (Å²) >= 11 is 5.88. The Morgan fingerprint density at radius 1 is 1.41 bits per heavy atom. The lowest BCUT2D eigenvalue weighted by Gasteiger charge is -2.04. The Kier molecular flexibility index (Phi) is 3.59. The lowest BCUT2D eigenvalue weighted by Crippen LogP contribution is -2.11. The van der Waals surface area contributed by atoms with Crippen LogP contribution in [-0.2, 0) is 13.0 Å². The van der Waals surface area contributed by atoms with Gasteiger partial charge < -0.3 is 0 Å². The van der Waals surface area contributed by atoms with Crippen molar-refractivity contribution >= 4 is 17.4 Å². The number of nitrogens with zero attached hydrogens (tertiary/aromatic N) is 2. The lowest BCUT2D eigenvalue weighted by molar-refractivity contribution is 0.0983. The number of aromatic nitrogens is 2. The molecule has 0 atom stereocenters. The highest BCUT2D eigenvalue weighted by Crippen LogP contribution is 2.13. The summed E-state index contributed by atoms with van der Waals surface area (Å²) in [6.45, 7) is 2.66. The fraction of sp³-hybridized carbons (Fsp3) is 0.231. The Labute approximate surface area is 105 Å². The molecular formula is C13H13ClN2O. The molecule has 3 nitrogen and oxygen atoms in total. The number of aryl methyl sites for hydroxylation is 1. The predicted molar refractivity (Wildman–Crippen MR) is 67.4 cm³/mol. The third-order valence-electron chi connectivity index (χ3n) is 2.56. The van der Waals surface area contributed by atoms with E-state index < -0.39 is 0 Å². The van der Waals surface area contributed by atoms with E-state index in [2.05, 4.69) is 5.10 Å². The van der Waals surface area contributed by atoms with E-state index in [1.165, 1.54) is 0 Å². The Hall–Kier alpha value is -1.61. The minimum absolute atomic E-state index is 0.0617. The van der Waals surface area contributed by atoms with Crippen LogP contribution in [0.2, 0.25) is 5.02 Å². The van der Waals surface area contributed by atoms with Crippen molar-refractivity contribution in [2.75, 3.05) is 0 Å². The predicted octanol–water partition coefficient (Wildman–Crippen LogP) is 2.98. The summed E-state index contributed by atoms with van der Waals surface area (Å²) in [7, 11) is 0. The number of hydrogen-bond acceptors (Lipinski definition) is 2. The van der Waals surface area contributed by atoms with Crippen molar-refractivity contribution in [3.63, 3.8) is 0 Å². The molecule has 0 N–H and O–H groups in total. The van der Waals surface area contributed by atoms with Crippen molar-refractivity contribution < 1.29 is 4.79 Å². The fourth-order valence-corrected chi connectivity index (χ4v) is 1.96. The topological polar surface area (TPSA) is 34.9 Å². The van der Waals surface area contributed by atoms with E-state index in [9.17, 15) is 4.79 Å². The van der Waals surface area contributed by atoms with E-state index in [0.29, 0.717) is 23.7 Å². The molecule has 2 rings (SSSR count). The normalized spacial score (nSPS) is 10.5. The lowest BCUT2D eigenvalue weighted by atomic mass is 10.1. The van der Waals surface area contributed by atoms with Crippen LogP contribution in [0.3, 0.4) is 0 Å². The standard InChI is InChI=1S/C13H13ClN2O/c1-2-16-12(6-7-15-16)13(17)9-10-4-3-5-11(14)8-10/h3-8H,2,9H2,1H3. The van der Waals surface area contributed by atoms with E-state index >= 15 is 0 Å². The van der Waals surface area contributed by atoms with Crippen LogP contribution in [0.4, 0.5) is 0 Å². The maximum Gasteiger partial charge on any atom is 0.185 e. The van der Waals surface area contributed by atoms with Crippen molar-refractivity contribution in [1.82, 2.24) is 9.78 Å². The van der Waals surface area contributed by atoms with Gasteiger partial charge in [-0.1, -0.05) is 23.7 Å². The fourth-order valence-electron chi connectivity index (χ4n) is 1.74. The molecule has 0 unspecified atom stereocenters. The number of hydrogen-bond donors (Lipinski definition) is 0. The molecule has 1 heterocycles. The van der Waals surface area contributed by atoms with Gasteiger partial charge in [0.2, 0.25) is 0 Å². The molecule has 0 fully saturated rings. The summed E-state index contributed by atoms with van der Waals surface area (Å²) in [6, 6.07) is 9.10. The molecule has 0 amide bonds. The third-order valence-corrected chi connectivity index (χ3v) is 2.79. The van der Waals surface area contributed by atoms with E-state index in [4.69, 9.17) is 11.6 Å². The Morgan fingerprint density at radius 3 is 2.94 bits per heavy atom. The first-order valence-electron chi connectivity index (χ1n) is 5.50. The second-order valence-corrected chi connectivity index (χ2v) is 4.20. The summed E-state index contributed by atoms with van der Waals surface area (Å²) < 4.78 is 1.70. The number of rotatable bonds is 4. The van der Waals surface area contributed by atoms with Gasteiger partial charge in [0, 0.05) is 24.2 Å². The van der Waals surface area contributed by atoms with Crippen LogP contribution in [0, 0.1) is 0 Å². The zero-order valence-electron chi connectivity index (χ0n) is 9.56. The number of carbonyl (C=O) groups excluding carboxylic acids is 1. The average molecular weight is 249 g/mol. The molecule has 4 heteroatoms. The number of carbonyl (C=O) groups is 1. The van der Waals surface area contributed by atoms with Gasteiger partial charge in [0.15, 0.2) is 5.78 Å². The minimum atomic E-state index is 0.0617. The van der Waals surface area contributed by atoms with Gasteiger partial charge in [-0.2, -0.15) is 5.10 Å². The van der Waals surface area contributed by atoms with Crippen LogP contribution in [0.5, 0.6) is 0 Å². The molecule has 0 aliphatic carbocycles. The Bertz CT molecular complexity index is 534. The van der Waals surface area contributed by atoms with Crippen molar-refractivity contribution in [1.29, 1.82) is 0 Å². The first-order valence-corrected chi connectivity index (χ1v) is 5.88. The van der Waals surface area contributed by atoms with E-state index in [0.717, 1.165) is 5.56 Å². The summed E-state index contributed by atoms with van der Waals surface area (Å²) in [5.74, 6) is 0.0617. The van der Waals surface area contributed by atoms with Gasteiger partial charge in [-0.15, -0.1) is 0 Å². The molecule has 0 saturated carbocycles. The summed E-state index contributed by atoms with van der Waals surface area (Å²) in [5.41, 5.74) is 1.57. The number of ketones is 1. The zero-order valence-corrected chi connectivity index (χ0v) is 10.3. The van der Waals surface area contributed by atoms with Crippen LogP contribution in [-0.4, -0.2) is 15.6 Å². The Balaban J connectivity index is 2.17. The highest BCUT2D eigenvalue weighted by atomic mass is 35.5. The van der Waals surface area contributed by atoms with Gasteiger partial charge in [-0.3, -0.25) is 9.48 Å². The van der Waals surface area contributed by atoms with Crippen LogP contribution >= 0.6 is 11.6 Å². The Morgan fingerprint density at radius 2 is 2.24 bits per heavy atom. The van der Waals surface area contributed by atoms with Gasteiger partial charge in [0.05, 0.1) is 0 Å². The number of benzene rings is 1. The summed E-state index contributed by atoms with van der Waals surface area (Å²) in [5, 5.41) is 4.74. The van der Waals surface area contributed by atoms with Gasteiger partial charge >= 0.3 is 0 Å². The molecule has 0 radical (unpaired) electrons. The maximum absolute atomic E-state index is 12.1. The molecule has 0 saturated heterocycles. The molecule has 2 aromatic rings. The quantitative estimate of drug-likeness (QED) is 0.780. The highest BCUT2D eigenvalue weighted by Gasteiger charge is 2.11. The zero-order chi connectivity index (χ0) is 12.3. The van der Waals surface area contributed by atoms with Gasteiger partial charge in [0.1, 0.15) is 5.69 Å². The number of Topliss-reactive ketones (excluding diaryl/α,β-unsaturated/α-hetero) is 1. The van der Waals surface area contributed by atoms with Crippen LogP contribution in [0.15, 0.2) is 36.5 Å². The van der Waals surface area contributed by atoms with Crippen LogP contribution < -0.4 is 0 Å². The van der Waals surface area contributed by atoms with Crippen molar-refractivity contribution in [3.8, 4) is 0 Å². The number of halogens is 1. The second kappa shape index (κ2) is 5.15. The molecule has 1 aromatic carbocycles. The second-order valence-electron chi connectivity index (χ2n) is 3.76. The molecule has 0 aliphatic heterocycles. The van der Waals surface area contributed by atoms with Crippen LogP contribution in [0.25, 0.3) is 0 Å². The summed E-state index contributed by atoms with van der Waals surface area (Å²) in [4.78, 5) is 12.1. The summed E-state index contributed by atoms with van der Waals surface area (Å²) in [6.07, 6.45) is 2.00. The maximum atomic E-state index is 12.1. The SMILES string of the molecule is CCn1nccc1C(=O)Cc1cccc(Cl)c1. The monoisotopic (exact) mass is 248 g/mol. The van der Waals surface area contributed by atoms with E-state index in [1.54, 1.807) is 23.0 Å². The molecule has 0 spiro atoms. The molecule has 17 heavy (non-hydrogen) atoms. The van der Waals surface area contributed by atoms with E-state index in [-0.39, 0.29) is 5.78 Å². The first kappa shape index (κ1) is 11.9. The largest absolute Gasteiger partial charge is 0.292 e. The molecule has 0 aliphatic rings. The first-order chi connectivity index (χ1) is 8.20. The van der Waals surface area contributed by atoms with Gasteiger partial charge in [0.25, 0.3) is 0 Å². The smallest absolute Gasteiger partial charge is 0.185 e. The average Bonchev–Trinajstić information content (AvgIpc) is 2.77. The minimum Gasteiger partial charge on any atom is -0.292 e. The van der Waals surface area contributed by atoms with Crippen molar-refractivity contribution in [3.05, 3.63) is 52.8 Å². The highest BCUT2D eigenvalue weighted by molar-refractivity contribution is 6.30. The molecule has 0 bridgehead atoms. The van der Waals surface area contributed by atoms with E-state index in [1.807, 2.05) is 25.1 Å². The molecule has 1 aromatic heterocycles. The molecule has 88 valence electrons. The van der Waals surface area contributed by atoms with Gasteiger partial charge in [-0.25, -0.2) is 0 Å². The molecular weight excluding hydrogens is 236 g/mol. The van der Waals surface area contributed by atoms with Crippen molar-refractivity contribution in [2.24, 2.45) is 0 Å².